The second-order valence-electron chi connectivity index (χ2n) is 3.50. The largest absolute Gasteiger partial charge is 0.396 e. The van der Waals surface area contributed by atoms with Gasteiger partial charge in [-0.05, 0) is 0 Å². The molecule has 0 aromatic heterocycles. The lowest BCUT2D eigenvalue weighted by Crippen LogP contribution is -2.58. The van der Waals surface area contributed by atoms with E-state index in [-0.39, 0.29) is 12.0 Å². The number of nitrogens with zero attached hydrogens (tertiary/aromatic N) is 1. The fraction of sp³-hybridized carbons (Fsp3) is 1.00. The Balaban J connectivity index is 2.54. The molecule has 0 radical (unpaired) electrons. The van der Waals surface area contributed by atoms with E-state index in [4.69, 9.17) is 5.11 Å². The fourth-order valence-corrected chi connectivity index (χ4v) is 2.23. The Morgan fingerprint density at radius 3 is 2.27 bits per heavy atom. The highest BCUT2D eigenvalue weighted by atomic mass is 32.2. The van der Waals surface area contributed by atoms with Crippen molar-refractivity contribution >= 4 is 10.0 Å². The van der Waals surface area contributed by atoms with Gasteiger partial charge in [0.25, 0.3) is 0 Å². The zero-order valence-electron chi connectivity index (χ0n) is 6.74. The molecule has 1 fully saturated rings. The normalized spacial score (nSPS) is 24.6. The van der Waals surface area contributed by atoms with Crippen LogP contribution in [0.2, 0.25) is 0 Å². The van der Waals surface area contributed by atoms with E-state index >= 15 is 0 Å². The highest BCUT2D eigenvalue weighted by Crippen LogP contribution is 2.30. The van der Waals surface area contributed by atoms with Crippen LogP contribution in [0.15, 0.2) is 0 Å². The van der Waals surface area contributed by atoms with E-state index in [1.165, 1.54) is 10.6 Å². The molecule has 4 nitrogen and oxygen atoms in total. The lowest BCUT2D eigenvalue weighted by molar-refractivity contribution is 0.0260. The predicted molar refractivity (Wildman–Crippen MR) is 41.6 cm³/mol. The summed E-state index contributed by atoms with van der Waals surface area (Å²) >= 11 is 0. The molecule has 0 bridgehead atoms. The van der Waals surface area contributed by atoms with Gasteiger partial charge in [0.05, 0.1) is 12.9 Å². The van der Waals surface area contributed by atoms with Crippen molar-refractivity contribution in [1.82, 2.24) is 4.31 Å². The molecule has 66 valence electrons. The maximum atomic E-state index is 10.9. The lowest BCUT2D eigenvalue weighted by Gasteiger charge is -2.45. The average Bonchev–Trinajstić information content (AvgIpc) is 1.78. The molecule has 1 rings (SSSR count). The second-order valence-corrected chi connectivity index (χ2v) is 5.48. The van der Waals surface area contributed by atoms with Gasteiger partial charge in [0, 0.05) is 18.5 Å². The molecular weight excluding hydrogens is 166 g/mol. The molecule has 0 saturated carbocycles. The minimum atomic E-state index is -3.02. The van der Waals surface area contributed by atoms with Gasteiger partial charge in [-0.3, -0.25) is 0 Å². The van der Waals surface area contributed by atoms with E-state index in [1.54, 1.807) is 0 Å². The van der Waals surface area contributed by atoms with E-state index in [9.17, 15) is 8.42 Å². The molecule has 0 unspecified atom stereocenters. The number of hydrogen-bond donors (Lipinski definition) is 1. The van der Waals surface area contributed by atoms with Crippen molar-refractivity contribution in [3.63, 3.8) is 0 Å². The molecule has 0 spiro atoms. The van der Waals surface area contributed by atoms with Crippen LogP contribution in [0.4, 0.5) is 0 Å². The molecule has 1 N–H and O–H groups in total. The Morgan fingerprint density at radius 2 is 2.00 bits per heavy atom. The van der Waals surface area contributed by atoms with Gasteiger partial charge >= 0.3 is 0 Å². The summed E-state index contributed by atoms with van der Waals surface area (Å²) in [4.78, 5) is 0. The number of hydrogen-bond acceptors (Lipinski definition) is 3. The van der Waals surface area contributed by atoms with Crippen molar-refractivity contribution in [1.29, 1.82) is 0 Å². The topological polar surface area (TPSA) is 57.6 Å². The first-order valence-electron chi connectivity index (χ1n) is 3.43. The monoisotopic (exact) mass is 179 g/mol. The van der Waals surface area contributed by atoms with Gasteiger partial charge in [-0.15, -0.1) is 0 Å². The van der Waals surface area contributed by atoms with Gasteiger partial charge in [0.2, 0.25) is 10.0 Å². The van der Waals surface area contributed by atoms with Crippen molar-refractivity contribution in [2.24, 2.45) is 5.41 Å². The highest BCUT2D eigenvalue weighted by Gasteiger charge is 2.42. The molecule has 0 aliphatic carbocycles. The standard InChI is InChI=1S/C6H13NO3S/c1-6(5-8)3-7(4-6)11(2,9)10/h8H,3-5H2,1-2H3. The maximum absolute atomic E-state index is 10.9. The smallest absolute Gasteiger partial charge is 0.211 e. The second kappa shape index (κ2) is 2.43. The van der Waals surface area contributed by atoms with Crippen LogP contribution < -0.4 is 0 Å². The summed E-state index contributed by atoms with van der Waals surface area (Å²) in [6.45, 7) is 2.82. The summed E-state index contributed by atoms with van der Waals surface area (Å²) < 4.78 is 23.1. The third kappa shape index (κ3) is 1.72. The van der Waals surface area contributed by atoms with Gasteiger partial charge in [0.15, 0.2) is 0 Å². The van der Waals surface area contributed by atoms with Crippen molar-refractivity contribution in [2.75, 3.05) is 26.0 Å². The van der Waals surface area contributed by atoms with Gasteiger partial charge < -0.3 is 5.11 Å². The van der Waals surface area contributed by atoms with Crippen LogP contribution >= 0.6 is 0 Å². The summed E-state index contributed by atoms with van der Waals surface area (Å²) in [6.07, 6.45) is 1.18. The van der Waals surface area contributed by atoms with Crippen molar-refractivity contribution in [3.8, 4) is 0 Å². The third-order valence-electron chi connectivity index (χ3n) is 1.97. The molecule has 1 aliphatic rings. The minimum Gasteiger partial charge on any atom is -0.396 e. The SMILES string of the molecule is CC1(CO)CN(S(C)(=O)=O)C1. The maximum Gasteiger partial charge on any atom is 0.211 e. The summed E-state index contributed by atoms with van der Waals surface area (Å²) in [5.41, 5.74) is -0.205. The Hall–Kier alpha value is -0.130. The van der Waals surface area contributed by atoms with Crippen molar-refractivity contribution in [3.05, 3.63) is 0 Å². The van der Waals surface area contributed by atoms with E-state index in [1.807, 2.05) is 6.92 Å². The van der Waals surface area contributed by atoms with Gasteiger partial charge in [0.1, 0.15) is 0 Å². The molecule has 0 aromatic carbocycles. The number of sulfonamides is 1. The Morgan fingerprint density at radius 1 is 1.55 bits per heavy atom. The van der Waals surface area contributed by atoms with Crippen LogP contribution in [0, 0.1) is 5.41 Å². The predicted octanol–water partition coefficient (Wildman–Crippen LogP) is -0.740. The highest BCUT2D eigenvalue weighted by molar-refractivity contribution is 7.88. The summed E-state index contributed by atoms with van der Waals surface area (Å²) in [6, 6.07) is 0. The summed E-state index contributed by atoms with van der Waals surface area (Å²) in [5, 5.41) is 8.81. The van der Waals surface area contributed by atoms with Gasteiger partial charge in [-0.25, -0.2) is 12.7 Å². The molecule has 1 aliphatic heterocycles. The molecule has 0 atom stereocenters. The molecular formula is C6H13NO3S. The first kappa shape index (κ1) is 8.96. The van der Waals surface area contributed by atoms with Gasteiger partial charge in [-0.1, -0.05) is 6.92 Å². The molecule has 0 amide bonds. The zero-order valence-corrected chi connectivity index (χ0v) is 7.56. The van der Waals surface area contributed by atoms with Crippen molar-refractivity contribution < 1.29 is 13.5 Å². The first-order chi connectivity index (χ1) is 4.87. The van der Waals surface area contributed by atoms with Gasteiger partial charge in [-0.2, -0.15) is 0 Å². The van der Waals surface area contributed by atoms with Crippen LogP contribution in [0.3, 0.4) is 0 Å². The first-order valence-corrected chi connectivity index (χ1v) is 5.28. The van der Waals surface area contributed by atoms with Crippen molar-refractivity contribution in [2.45, 2.75) is 6.92 Å². The quantitative estimate of drug-likeness (QED) is 0.607. The molecule has 1 saturated heterocycles. The summed E-state index contributed by atoms with van der Waals surface area (Å²) in [7, 11) is -3.02. The molecule has 0 aromatic rings. The molecule has 5 heteroatoms. The minimum absolute atomic E-state index is 0.0546. The van der Waals surface area contributed by atoms with E-state index in [0.717, 1.165) is 0 Å². The van der Waals surface area contributed by atoms with E-state index < -0.39 is 10.0 Å². The van der Waals surface area contributed by atoms with Crippen LogP contribution in [0.1, 0.15) is 6.92 Å². The van der Waals surface area contributed by atoms with Crippen LogP contribution in [0.5, 0.6) is 0 Å². The number of aliphatic hydroxyl groups excluding tert-OH is 1. The van der Waals surface area contributed by atoms with E-state index in [0.29, 0.717) is 13.1 Å². The fourth-order valence-electron chi connectivity index (χ4n) is 1.14. The Labute approximate surface area is 66.9 Å². The summed E-state index contributed by atoms with van der Waals surface area (Å²) in [5.74, 6) is 0. The molecule has 1 heterocycles. The number of rotatable bonds is 2. The van der Waals surface area contributed by atoms with Crippen LogP contribution in [-0.2, 0) is 10.0 Å². The Bertz CT molecular complexity index is 241. The third-order valence-corrected chi connectivity index (χ3v) is 3.16. The Kier molecular flexibility index (Phi) is 1.98. The molecule has 11 heavy (non-hydrogen) atoms. The zero-order chi connectivity index (χ0) is 8.70. The average molecular weight is 179 g/mol. The van der Waals surface area contributed by atoms with Crippen LogP contribution in [-0.4, -0.2) is 43.8 Å². The van der Waals surface area contributed by atoms with E-state index in [2.05, 4.69) is 0 Å². The van der Waals surface area contributed by atoms with Crippen LogP contribution in [0.25, 0.3) is 0 Å². The lowest BCUT2D eigenvalue weighted by atomic mass is 9.85. The number of aliphatic hydroxyl groups is 1.